The molecular formula is C10H16ClNOS2. The zero-order valence-corrected chi connectivity index (χ0v) is 11.6. The number of nitrogens with one attached hydrogen (secondary N) is 1. The van der Waals surface area contributed by atoms with E-state index in [0.717, 1.165) is 15.7 Å². The highest BCUT2D eigenvalue weighted by Gasteiger charge is 2.16. The fourth-order valence-corrected chi connectivity index (χ4v) is 3.48. The number of thioether (sulfide) groups is 2. The van der Waals surface area contributed by atoms with Crippen LogP contribution >= 0.6 is 35.1 Å². The lowest BCUT2D eigenvalue weighted by Crippen LogP contribution is -2.21. The van der Waals surface area contributed by atoms with E-state index in [1.807, 2.05) is 13.8 Å². The first kappa shape index (κ1) is 14.9. The van der Waals surface area contributed by atoms with Gasteiger partial charge in [0.05, 0.1) is 9.81 Å². The van der Waals surface area contributed by atoms with Crippen LogP contribution in [0.25, 0.3) is 0 Å². The second-order valence-electron chi connectivity index (χ2n) is 2.51. The van der Waals surface area contributed by atoms with E-state index < -0.39 is 0 Å². The third-order valence-corrected chi connectivity index (χ3v) is 3.89. The monoisotopic (exact) mass is 265 g/mol. The van der Waals surface area contributed by atoms with E-state index in [9.17, 15) is 4.79 Å². The second kappa shape index (κ2) is 8.13. The number of carbonyl (C=O) groups excluding carboxylic acids is 1. The van der Waals surface area contributed by atoms with Gasteiger partial charge in [0.1, 0.15) is 0 Å². The minimum Gasteiger partial charge on any atom is -0.355 e. The van der Waals surface area contributed by atoms with Gasteiger partial charge >= 0.3 is 0 Å². The molecule has 0 heterocycles. The van der Waals surface area contributed by atoms with Gasteiger partial charge in [-0.15, -0.1) is 23.5 Å². The number of rotatable bonds is 6. The Morgan fingerprint density at radius 3 is 2.07 bits per heavy atom. The lowest BCUT2D eigenvalue weighted by atomic mass is 10.3. The minimum absolute atomic E-state index is 0.174. The molecule has 1 amide bonds. The Morgan fingerprint density at radius 2 is 1.80 bits per heavy atom. The Labute approximate surface area is 105 Å². The number of carbonyl (C=O) groups is 1. The summed E-state index contributed by atoms with van der Waals surface area (Å²) in [5, 5.41) is 2.87. The molecule has 86 valence electrons. The molecule has 5 heteroatoms. The highest BCUT2D eigenvalue weighted by atomic mass is 35.5. The van der Waals surface area contributed by atoms with Crippen LogP contribution in [0.15, 0.2) is 21.4 Å². The molecule has 0 bridgehead atoms. The van der Waals surface area contributed by atoms with E-state index in [2.05, 4.69) is 11.9 Å². The molecule has 15 heavy (non-hydrogen) atoms. The predicted octanol–water partition coefficient (Wildman–Crippen LogP) is 3.20. The van der Waals surface area contributed by atoms with E-state index >= 15 is 0 Å². The van der Waals surface area contributed by atoms with Gasteiger partial charge in [-0.3, -0.25) is 4.79 Å². The summed E-state index contributed by atoms with van der Waals surface area (Å²) >= 11 is 9.08. The van der Waals surface area contributed by atoms with E-state index in [1.54, 1.807) is 30.6 Å². The number of halogens is 1. The van der Waals surface area contributed by atoms with Crippen molar-refractivity contribution in [3.63, 3.8) is 0 Å². The van der Waals surface area contributed by atoms with Crippen molar-refractivity contribution >= 4 is 41.0 Å². The molecule has 0 fully saturated rings. The molecule has 0 unspecified atom stereocenters. The van der Waals surface area contributed by atoms with Crippen LogP contribution in [-0.2, 0) is 4.79 Å². The second-order valence-corrected chi connectivity index (χ2v) is 5.78. The van der Waals surface area contributed by atoms with E-state index in [0.29, 0.717) is 10.6 Å². The Balaban J connectivity index is 5.13. The zero-order valence-electron chi connectivity index (χ0n) is 9.22. The van der Waals surface area contributed by atoms with Crippen molar-refractivity contribution in [3.05, 3.63) is 21.4 Å². The molecule has 0 aromatic rings. The van der Waals surface area contributed by atoms with E-state index in [-0.39, 0.29) is 5.91 Å². The molecule has 1 N–H and O–H groups in total. The van der Waals surface area contributed by atoms with Crippen molar-refractivity contribution < 1.29 is 4.79 Å². The highest BCUT2D eigenvalue weighted by Crippen LogP contribution is 2.34. The zero-order chi connectivity index (χ0) is 11.8. The van der Waals surface area contributed by atoms with E-state index in [4.69, 9.17) is 11.6 Å². The molecule has 0 atom stereocenters. The Hall–Kier alpha value is -0.0600. The van der Waals surface area contributed by atoms with Gasteiger partial charge in [0, 0.05) is 12.1 Å². The minimum atomic E-state index is -0.174. The predicted molar refractivity (Wildman–Crippen MR) is 72.3 cm³/mol. The summed E-state index contributed by atoms with van der Waals surface area (Å²) in [6, 6.07) is 0. The average molecular weight is 266 g/mol. The van der Waals surface area contributed by atoms with E-state index in [1.165, 1.54) is 0 Å². The lowest BCUT2D eigenvalue weighted by molar-refractivity contribution is -0.116. The van der Waals surface area contributed by atoms with Crippen LogP contribution in [0.2, 0.25) is 0 Å². The number of hydrogen-bond donors (Lipinski definition) is 1. The van der Waals surface area contributed by atoms with Crippen molar-refractivity contribution in [2.24, 2.45) is 0 Å². The molecule has 0 aliphatic rings. The molecular weight excluding hydrogens is 250 g/mol. The van der Waals surface area contributed by atoms with Gasteiger partial charge in [0.2, 0.25) is 0 Å². The van der Waals surface area contributed by atoms with Crippen LogP contribution in [0.3, 0.4) is 0 Å². The quantitative estimate of drug-likeness (QED) is 0.591. The summed E-state index contributed by atoms with van der Waals surface area (Å²) in [7, 11) is 1.59. The molecule has 0 aliphatic heterocycles. The molecule has 0 radical (unpaired) electrons. The van der Waals surface area contributed by atoms with Crippen molar-refractivity contribution in [2.75, 3.05) is 18.6 Å². The third kappa shape index (κ3) is 5.00. The van der Waals surface area contributed by atoms with Gasteiger partial charge in [-0.05, 0) is 11.5 Å². The maximum absolute atomic E-state index is 11.6. The Bertz CT molecular complexity index is 269. The van der Waals surface area contributed by atoms with Crippen molar-refractivity contribution in [3.8, 4) is 0 Å². The topological polar surface area (TPSA) is 29.1 Å². The third-order valence-electron chi connectivity index (χ3n) is 1.48. The normalized spacial score (nSPS) is 9.60. The molecule has 0 aromatic heterocycles. The fourth-order valence-electron chi connectivity index (χ4n) is 0.900. The SMILES string of the molecule is C=C(Cl)C(C(=O)NC)=C(SCC)SCC. The van der Waals surface area contributed by atoms with Crippen LogP contribution in [0.5, 0.6) is 0 Å². The van der Waals surface area contributed by atoms with Crippen molar-refractivity contribution in [1.29, 1.82) is 0 Å². The van der Waals surface area contributed by atoms with Gasteiger partial charge in [-0.25, -0.2) is 0 Å². The average Bonchev–Trinajstić information content (AvgIpc) is 2.18. The molecule has 0 rings (SSSR count). The summed E-state index contributed by atoms with van der Waals surface area (Å²) in [5.41, 5.74) is 0.498. The van der Waals surface area contributed by atoms with Crippen LogP contribution in [0, 0.1) is 0 Å². The molecule has 0 spiro atoms. The standard InChI is InChI=1S/C10H16ClNOS2/c1-5-14-10(15-6-2)8(7(3)11)9(13)12-4/h3,5-6H2,1-2,4H3,(H,12,13). The first-order chi connectivity index (χ1) is 7.08. The lowest BCUT2D eigenvalue weighted by Gasteiger charge is -2.11. The summed E-state index contributed by atoms with van der Waals surface area (Å²) < 4.78 is 0.944. The van der Waals surface area contributed by atoms with Gasteiger partial charge in [-0.2, -0.15) is 0 Å². The maximum atomic E-state index is 11.6. The largest absolute Gasteiger partial charge is 0.355 e. The van der Waals surface area contributed by atoms with Crippen molar-refractivity contribution in [1.82, 2.24) is 5.32 Å². The highest BCUT2D eigenvalue weighted by molar-refractivity contribution is 8.22. The van der Waals surface area contributed by atoms with Gasteiger partial charge in [0.25, 0.3) is 5.91 Å². The van der Waals surface area contributed by atoms with Gasteiger partial charge < -0.3 is 5.32 Å². The molecule has 0 aromatic carbocycles. The maximum Gasteiger partial charge on any atom is 0.254 e. The Kier molecular flexibility index (Phi) is 8.10. The van der Waals surface area contributed by atoms with Gasteiger partial charge in [0.15, 0.2) is 0 Å². The van der Waals surface area contributed by atoms with Crippen LogP contribution in [0.1, 0.15) is 13.8 Å². The first-order valence-corrected chi connectivity index (χ1v) is 7.00. The van der Waals surface area contributed by atoms with Gasteiger partial charge in [-0.1, -0.05) is 32.0 Å². The number of hydrogen-bond acceptors (Lipinski definition) is 3. The summed E-state index contributed by atoms with van der Waals surface area (Å²) in [4.78, 5) is 11.6. The van der Waals surface area contributed by atoms with Crippen LogP contribution < -0.4 is 5.32 Å². The summed E-state index contributed by atoms with van der Waals surface area (Å²) in [5.74, 6) is 1.65. The number of likely N-dealkylation sites (N-methyl/N-ethyl adjacent to an activating group) is 1. The molecule has 2 nitrogen and oxygen atoms in total. The summed E-state index contributed by atoms with van der Waals surface area (Å²) in [6.45, 7) is 7.71. The van der Waals surface area contributed by atoms with Crippen LogP contribution in [0.4, 0.5) is 0 Å². The van der Waals surface area contributed by atoms with Crippen molar-refractivity contribution in [2.45, 2.75) is 13.8 Å². The molecule has 0 aliphatic carbocycles. The molecule has 0 saturated heterocycles. The summed E-state index contributed by atoms with van der Waals surface area (Å²) in [6.07, 6.45) is 0. The number of amides is 1. The van der Waals surface area contributed by atoms with Crippen LogP contribution in [-0.4, -0.2) is 24.5 Å². The fraction of sp³-hybridized carbons (Fsp3) is 0.500. The Morgan fingerprint density at radius 1 is 1.33 bits per heavy atom. The first-order valence-electron chi connectivity index (χ1n) is 4.65. The smallest absolute Gasteiger partial charge is 0.254 e. The molecule has 0 saturated carbocycles.